The molecule has 0 aliphatic carbocycles. The summed E-state index contributed by atoms with van der Waals surface area (Å²) in [5.74, 6) is -1.18. The average Bonchev–Trinajstić information content (AvgIpc) is 4.14. The largest absolute Gasteiger partial charge is 0.465 e. The van der Waals surface area contributed by atoms with Crippen LogP contribution in [-0.2, 0) is 64.8 Å². The van der Waals surface area contributed by atoms with Crippen LogP contribution in [0.3, 0.4) is 0 Å². The summed E-state index contributed by atoms with van der Waals surface area (Å²) in [6.07, 6.45) is 6.11. The maximum absolute atomic E-state index is 13.8. The lowest BCUT2D eigenvalue weighted by Gasteiger charge is -2.36. The third kappa shape index (κ3) is 14.6. The third-order valence-electron chi connectivity index (χ3n) is 13.2. The maximum atomic E-state index is 13.8. The van der Waals surface area contributed by atoms with Gasteiger partial charge in [0.15, 0.2) is 0 Å². The first-order valence-electron chi connectivity index (χ1n) is 25.3. The fourth-order valence-electron chi connectivity index (χ4n) is 9.62. The van der Waals surface area contributed by atoms with Crippen molar-refractivity contribution in [3.05, 3.63) is 70.8 Å². The van der Waals surface area contributed by atoms with Gasteiger partial charge in [0.1, 0.15) is 9.79 Å². The number of alkyl halides is 4. The number of aliphatic hydroxyl groups excluding tert-OH is 2. The van der Waals surface area contributed by atoms with E-state index in [1.54, 1.807) is 24.5 Å². The highest BCUT2D eigenvalue weighted by Crippen LogP contribution is 2.38. The van der Waals surface area contributed by atoms with Crippen molar-refractivity contribution in [1.82, 2.24) is 39.3 Å². The molecule has 4 aliphatic rings. The Morgan fingerprint density at radius 2 is 1.01 bits per heavy atom. The fraction of sp³-hybridized carbons (Fsp3) is 0.640. The zero-order valence-electron chi connectivity index (χ0n) is 44.2. The van der Waals surface area contributed by atoms with Crippen molar-refractivity contribution < 1.29 is 63.7 Å². The first-order chi connectivity index (χ1) is 35.4. The van der Waals surface area contributed by atoms with E-state index in [0.717, 1.165) is 12.4 Å². The number of hydrogen-bond acceptors (Lipinski definition) is 16. The van der Waals surface area contributed by atoms with Crippen molar-refractivity contribution in [3.63, 3.8) is 0 Å². The van der Waals surface area contributed by atoms with Crippen molar-refractivity contribution in [1.29, 1.82) is 0 Å². The molecule has 4 aromatic heterocycles. The molecule has 8 rings (SSSR count). The Morgan fingerprint density at radius 1 is 0.645 bits per heavy atom. The van der Waals surface area contributed by atoms with Crippen LogP contribution in [-0.4, -0.2) is 156 Å². The van der Waals surface area contributed by atoms with Crippen LogP contribution in [0, 0.1) is 36.5 Å². The van der Waals surface area contributed by atoms with E-state index in [1.165, 1.54) is 22.5 Å². The number of ether oxygens (including phenoxy) is 2. The molecule has 0 spiro atoms. The lowest BCUT2D eigenvalue weighted by Crippen LogP contribution is -2.44. The van der Waals surface area contributed by atoms with Gasteiger partial charge < -0.3 is 29.5 Å². The smallest absolute Gasteiger partial charge is 0.333 e. The van der Waals surface area contributed by atoms with Gasteiger partial charge in [0.05, 0.1) is 84.8 Å². The van der Waals surface area contributed by atoms with E-state index in [1.807, 2.05) is 41.5 Å². The molecule has 0 unspecified atom stereocenters. The molecule has 0 aromatic carbocycles. The van der Waals surface area contributed by atoms with Gasteiger partial charge in [0.2, 0.25) is 0 Å². The van der Waals surface area contributed by atoms with Crippen molar-refractivity contribution in [3.8, 4) is 0 Å². The minimum absolute atomic E-state index is 0.0356. The first kappa shape index (κ1) is 58.4. The number of sulfonamides is 2. The van der Waals surface area contributed by atoms with Crippen molar-refractivity contribution in [2.45, 2.75) is 129 Å². The van der Waals surface area contributed by atoms with Gasteiger partial charge in [0.25, 0.3) is 20.0 Å². The fourth-order valence-corrected chi connectivity index (χ4v) is 13.1. The van der Waals surface area contributed by atoms with Gasteiger partial charge in [-0.2, -0.15) is 27.8 Å². The quantitative estimate of drug-likeness (QED) is 0.110. The summed E-state index contributed by atoms with van der Waals surface area (Å²) in [5, 5.41) is 27.2. The lowest BCUT2D eigenvalue weighted by atomic mass is 9.96. The van der Waals surface area contributed by atoms with E-state index in [0.29, 0.717) is 108 Å². The van der Waals surface area contributed by atoms with Crippen LogP contribution < -0.4 is 8.61 Å². The van der Waals surface area contributed by atoms with Crippen LogP contribution in [0.15, 0.2) is 46.7 Å². The molecular formula is C50H70F4N10O10S2. The molecule has 26 heteroatoms. The number of fused-ring (bicyclic) bond motifs is 2. The van der Waals surface area contributed by atoms with Gasteiger partial charge in [-0.1, -0.05) is 41.5 Å². The third-order valence-corrected chi connectivity index (χ3v) is 17.0. The van der Waals surface area contributed by atoms with Crippen LogP contribution in [0.1, 0.15) is 101 Å². The number of esters is 2. The molecule has 0 bridgehead atoms. The van der Waals surface area contributed by atoms with Crippen LogP contribution in [0.4, 0.5) is 28.9 Å². The molecule has 8 heterocycles. The number of aliphatic hydroxyl groups is 2. The molecule has 76 heavy (non-hydrogen) atoms. The maximum Gasteiger partial charge on any atom is 0.333 e. The number of anilines is 2. The molecule has 4 aromatic rings. The predicted molar refractivity (Wildman–Crippen MR) is 271 cm³/mol. The van der Waals surface area contributed by atoms with Crippen LogP contribution in [0.25, 0.3) is 0 Å². The molecule has 4 atom stereocenters. The normalized spacial score (nSPS) is 20.7. The van der Waals surface area contributed by atoms with E-state index in [-0.39, 0.29) is 83.0 Å². The first-order valence-corrected chi connectivity index (χ1v) is 28.1. The molecule has 2 fully saturated rings. The number of rotatable bonds is 16. The lowest BCUT2D eigenvalue weighted by molar-refractivity contribution is -0.146. The summed E-state index contributed by atoms with van der Waals surface area (Å²) >= 11 is 0. The zero-order valence-corrected chi connectivity index (χ0v) is 45.8. The molecular weight excluding hydrogens is 1040 g/mol. The highest BCUT2D eigenvalue weighted by atomic mass is 32.2. The number of likely N-dealkylation sites (tertiary alicyclic amines) is 2. The number of aromatic nitrogens is 6. The minimum atomic E-state index is -4.28. The molecule has 2 N–H and O–H groups in total. The van der Waals surface area contributed by atoms with Gasteiger partial charge in [-0.25, -0.2) is 26.2 Å². The minimum Gasteiger partial charge on any atom is -0.465 e. The number of carbonyl (C=O) groups excluding carboxylic acids is 2. The van der Waals surface area contributed by atoms with Gasteiger partial charge in [-0.15, -0.1) is 0 Å². The number of β-amino-alcohol motifs (C(OH)–C–C–N with tert-alkyl or cyclic N) is 2. The average molecular weight is 1110 g/mol. The molecule has 20 nitrogen and oxygen atoms in total. The monoisotopic (exact) mass is 1110 g/mol. The Labute approximate surface area is 441 Å². The van der Waals surface area contributed by atoms with Crippen LogP contribution in [0.2, 0.25) is 0 Å². The topological polar surface area (TPSA) is 236 Å². The summed E-state index contributed by atoms with van der Waals surface area (Å²) in [6, 6.07) is 3.22. The number of halogens is 4. The molecule has 2 saturated heterocycles. The Kier molecular flexibility index (Phi) is 18.0. The number of nitrogens with zero attached hydrogens (tertiary/aromatic N) is 10. The van der Waals surface area contributed by atoms with E-state index >= 15 is 0 Å². The number of carbonyl (C=O) groups is 2. The second kappa shape index (κ2) is 23.4. The van der Waals surface area contributed by atoms with E-state index < -0.39 is 57.3 Å². The molecule has 0 saturated carbocycles. The second-order valence-electron chi connectivity index (χ2n) is 22.7. The Balaban J connectivity index is 0.000000221. The molecule has 0 amide bonds. The SMILES string of the molecule is Cc1nn(C(F)F)cc1S(=O)(=O)N1C[C@@H](CN2CC[C@@H](O)C2)Cc2ncc(CC(=O)OCC(C)(C)C)cc21.Cc1nn(C(F)F)cc1S(=O)(=O)N1C[C@H](CN2CC[C@@H](O)C2)Cc2ncc(CC(=O)OCC(C)(C)C)cc21. The Hall–Kier alpha value is -5.28. The van der Waals surface area contributed by atoms with Crippen LogP contribution >= 0.6 is 0 Å². The predicted octanol–water partition coefficient (Wildman–Crippen LogP) is 5.10. The van der Waals surface area contributed by atoms with E-state index in [9.17, 15) is 54.2 Å². The molecule has 0 radical (unpaired) electrons. The van der Waals surface area contributed by atoms with Gasteiger partial charge in [-0.05, 0) is 85.5 Å². The van der Waals surface area contributed by atoms with Crippen molar-refractivity contribution in [2.24, 2.45) is 22.7 Å². The van der Waals surface area contributed by atoms with E-state index in [4.69, 9.17) is 9.47 Å². The standard InChI is InChI=1S/2C25H35F2N5O5S/c2*1-16-22(14-31(29-16)24(26)27)38(35,36)32-12-18(11-30-6-5-19(33)13-30)7-20-21(32)8-17(10-28-20)9-23(34)37-15-25(2,3)4/h2*8,10,14,18-19,24,33H,5-7,9,11-13,15H2,1-4H3/t18-,19+;18-,19-/m01/s1. The second-order valence-corrected chi connectivity index (χ2v) is 26.4. The molecule has 420 valence electrons. The van der Waals surface area contributed by atoms with Crippen molar-refractivity contribution in [2.75, 3.05) is 74.2 Å². The number of hydrogen-bond donors (Lipinski definition) is 2. The van der Waals surface area contributed by atoms with Crippen LogP contribution in [0.5, 0.6) is 0 Å². The van der Waals surface area contributed by atoms with Gasteiger partial charge in [0, 0.05) is 64.8 Å². The highest BCUT2D eigenvalue weighted by molar-refractivity contribution is 7.93. The summed E-state index contributed by atoms with van der Waals surface area (Å²) in [6.45, 7) is 12.7. The zero-order chi connectivity index (χ0) is 55.7. The van der Waals surface area contributed by atoms with Crippen molar-refractivity contribution >= 4 is 43.4 Å². The summed E-state index contributed by atoms with van der Waals surface area (Å²) in [7, 11) is -8.56. The van der Waals surface area contributed by atoms with Gasteiger partial charge >= 0.3 is 25.0 Å². The Morgan fingerprint density at radius 3 is 1.32 bits per heavy atom. The summed E-state index contributed by atoms with van der Waals surface area (Å²) in [5.41, 5.74) is 2.21. The number of pyridine rings is 2. The van der Waals surface area contributed by atoms with Gasteiger partial charge in [-0.3, -0.25) is 28.2 Å². The van der Waals surface area contributed by atoms with E-state index in [2.05, 4.69) is 30.0 Å². The Bertz CT molecular complexity index is 2750. The highest BCUT2D eigenvalue weighted by Gasteiger charge is 2.40. The molecule has 4 aliphatic heterocycles. The summed E-state index contributed by atoms with van der Waals surface area (Å²) in [4.78, 5) is 37.4. The number of aryl methyl sites for hydroxylation is 2. The summed E-state index contributed by atoms with van der Waals surface area (Å²) < 4.78 is 122.